The maximum absolute atomic E-state index is 12.4. The first-order valence-corrected chi connectivity index (χ1v) is 8.24. The van der Waals surface area contributed by atoms with E-state index in [1.807, 2.05) is 31.2 Å². The van der Waals surface area contributed by atoms with Crippen LogP contribution >= 0.6 is 0 Å². The summed E-state index contributed by atoms with van der Waals surface area (Å²) < 4.78 is 7.81. The van der Waals surface area contributed by atoms with E-state index in [1.54, 1.807) is 0 Å². The monoisotopic (exact) mass is 312 g/mol. The predicted octanol–water partition coefficient (Wildman–Crippen LogP) is 3.39. The summed E-state index contributed by atoms with van der Waals surface area (Å²) in [4.78, 5) is 12.4. The molecule has 3 rings (SSSR count). The van der Waals surface area contributed by atoms with Crippen molar-refractivity contribution in [1.82, 2.24) is 9.88 Å². The van der Waals surface area contributed by atoms with Gasteiger partial charge in [0.2, 0.25) is 0 Å². The standard InChI is InChI=1S/C19H24N2O2/c1-13-6-7-14(2)21(13)17-10-8-16(9-11-17)19(22)20-15(3)18-5-4-12-23-18/h6-11,15,18H,4-5,12H2,1-3H3,(H,20,22)/t15-,18-/m1/s1. The van der Waals surface area contributed by atoms with Gasteiger partial charge in [-0.05, 0) is 70.0 Å². The number of aromatic nitrogens is 1. The lowest BCUT2D eigenvalue weighted by Crippen LogP contribution is -2.40. The third-order valence-electron chi connectivity index (χ3n) is 4.54. The van der Waals surface area contributed by atoms with Crippen molar-refractivity contribution in [3.05, 3.63) is 53.3 Å². The molecule has 0 bridgehead atoms. The van der Waals surface area contributed by atoms with Gasteiger partial charge in [-0.25, -0.2) is 0 Å². The first kappa shape index (κ1) is 15.8. The van der Waals surface area contributed by atoms with Crippen LogP contribution < -0.4 is 5.32 Å². The number of amides is 1. The van der Waals surface area contributed by atoms with Crippen LogP contribution in [0.3, 0.4) is 0 Å². The molecule has 0 radical (unpaired) electrons. The van der Waals surface area contributed by atoms with Crippen molar-refractivity contribution in [2.45, 2.75) is 45.8 Å². The lowest BCUT2D eigenvalue weighted by atomic mass is 10.1. The van der Waals surface area contributed by atoms with Gasteiger partial charge >= 0.3 is 0 Å². The van der Waals surface area contributed by atoms with Crippen molar-refractivity contribution >= 4 is 5.91 Å². The van der Waals surface area contributed by atoms with E-state index < -0.39 is 0 Å². The molecule has 1 fully saturated rings. The van der Waals surface area contributed by atoms with Crippen LogP contribution in [0.15, 0.2) is 36.4 Å². The Labute approximate surface area is 137 Å². The maximum Gasteiger partial charge on any atom is 0.251 e. The zero-order valence-electron chi connectivity index (χ0n) is 14.0. The molecule has 1 saturated heterocycles. The van der Waals surface area contributed by atoms with E-state index in [2.05, 4.69) is 35.9 Å². The first-order chi connectivity index (χ1) is 11.1. The second kappa shape index (κ2) is 6.59. The Bertz CT molecular complexity index is 662. The number of rotatable bonds is 4. The highest BCUT2D eigenvalue weighted by Crippen LogP contribution is 2.18. The molecular formula is C19H24N2O2. The lowest BCUT2D eigenvalue weighted by Gasteiger charge is -2.20. The Kier molecular flexibility index (Phi) is 4.53. The number of aryl methyl sites for hydroxylation is 2. The number of hydrogen-bond acceptors (Lipinski definition) is 2. The van der Waals surface area contributed by atoms with Crippen molar-refractivity contribution in [3.8, 4) is 5.69 Å². The molecule has 2 atom stereocenters. The molecule has 1 aromatic heterocycles. The third-order valence-corrected chi connectivity index (χ3v) is 4.54. The zero-order valence-corrected chi connectivity index (χ0v) is 14.0. The highest BCUT2D eigenvalue weighted by Gasteiger charge is 2.23. The van der Waals surface area contributed by atoms with Crippen LogP contribution in [0.5, 0.6) is 0 Å². The van der Waals surface area contributed by atoms with E-state index in [1.165, 1.54) is 11.4 Å². The molecule has 1 aliphatic rings. The summed E-state index contributed by atoms with van der Waals surface area (Å²) in [5.74, 6) is -0.0412. The Balaban J connectivity index is 1.70. The summed E-state index contributed by atoms with van der Waals surface area (Å²) in [5.41, 5.74) is 4.13. The smallest absolute Gasteiger partial charge is 0.251 e. The normalized spacial score (nSPS) is 18.8. The molecule has 1 aliphatic heterocycles. The number of carbonyl (C=O) groups is 1. The average molecular weight is 312 g/mol. The summed E-state index contributed by atoms with van der Waals surface area (Å²) in [6, 6.07) is 12.0. The fourth-order valence-corrected chi connectivity index (χ4v) is 3.22. The number of hydrogen-bond donors (Lipinski definition) is 1. The third kappa shape index (κ3) is 3.32. The van der Waals surface area contributed by atoms with Gasteiger partial charge in [-0.1, -0.05) is 0 Å². The van der Waals surface area contributed by atoms with Crippen LogP contribution in [0.2, 0.25) is 0 Å². The summed E-state index contributed by atoms with van der Waals surface area (Å²) in [6.45, 7) is 6.97. The largest absolute Gasteiger partial charge is 0.376 e. The van der Waals surface area contributed by atoms with Gasteiger partial charge in [0.05, 0.1) is 12.1 Å². The lowest BCUT2D eigenvalue weighted by molar-refractivity contribution is 0.0712. The molecule has 0 saturated carbocycles. The second-order valence-electron chi connectivity index (χ2n) is 6.31. The van der Waals surface area contributed by atoms with Gasteiger partial charge in [-0.15, -0.1) is 0 Å². The van der Waals surface area contributed by atoms with Crippen LogP contribution in [-0.4, -0.2) is 29.2 Å². The minimum atomic E-state index is -0.0412. The van der Waals surface area contributed by atoms with Crippen LogP contribution in [0.25, 0.3) is 5.69 Å². The highest BCUT2D eigenvalue weighted by atomic mass is 16.5. The van der Waals surface area contributed by atoms with Crippen LogP contribution in [0.4, 0.5) is 0 Å². The molecule has 0 aliphatic carbocycles. The van der Waals surface area contributed by atoms with E-state index in [9.17, 15) is 4.79 Å². The zero-order chi connectivity index (χ0) is 16.4. The molecule has 4 heteroatoms. The van der Waals surface area contributed by atoms with Crippen molar-refractivity contribution in [2.24, 2.45) is 0 Å². The van der Waals surface area contributed by atoms with E-state index in [0.29, 0.717) is 5.56 Å². The SMILES string of the molecule is Cc1ccc(C)n1-c1ccc(C(=O)N[C@H](C)[C@H]2CCCO2)cc1. The maximum atomic E-state index is 12.4. The van der Waals surface area contributed by atoms with Gasteiger partial charge < -0.3 is 14.6 Å². The quantitative estimate of drug-likeness (QED) is 0.940. The summed E-state index contributed by atoms with van der Waals surface area (Å²) in [5, 5.41) is 3.04. The first-order valence-electron chi connectivity index (χ1n) is 8.24. The van der Waals surface area contributed by atoms with E-state index in [-0.39, 0.29) is 18.1 Å². The summed E-state index contributed by atoms with van der Waals surface area (Å²) in [6.07, 6.45) is 2.24. The van der Waals surface area contributed by atoms with Gasteiger partial charge in [0.1, 0.15) is 0 Å². The molecule has 1 amide bonds. The van der Waals surface area contributed by atoms with Crippen molar-refractivity contribution in [2.75, 3.05) is 6.61 Å². The minimum Gasteiger partial charge on any atom is -0.376 e. The van der Waals surface area contributed by atoms with Crippen molar-refractivity contribution in [3.63, 3.8) is 0 Å². The van der Waals surface area contributed by atoms with Gasteiger partial charge in [-0.3, -0.25) is 4.79 Å². The molecular weight excluding hydrogens is 288 g/mol. The van der Waals surface area contributed by atoms with Crippen LogP contribution in [-0.2, 0) is 4.74 Å². The Morgan fingerprint density at radius 1 is 1.17 bits per heavy atom. The topological polar surface area (TPSA) is 43.3 Å². The number of benzene rings is 1. The fourth-order valence-electron chi connectivity index (χ4n) is 3.22. The number of nitrogens with zero attached hydrogens (tertiary/aromatic N) is 1. The van der Waals surface area contributed by atoms with E-state index in [0.717, 1.165) is 25.1 Å². The molecule has 1 N–H and O–H groups in total. The molecule has 122 valence electrons. The number of carbonyl (C=O) groups excluding carboxylic acids is 1. The number of ether oxygens (including phenoxy) is 1. The van der Waals surface area contributed by atoms with E-state index >= 15 is 0 Å². The highest BCUT2D eigenvalue weighted by molar-refractivity contribution is 5.94. The molecule has 2 aromatic rings. The Morgan fingerprint density at radius 3 is 2.39 bits per heavy atom. The molecule has 4 nitrogen and oxygen atoms in total. The van der Waals surface area contributed by atoms with Gasteiger partial charge in [0, 0.05) is 29.2 Å². The van der Waals surface area contributed by atoms with Crippen LogP contribution in [0.1, 0.15) is 41.5 Å². The van der Waals surface area contributed by atoms with Gasteiger partial charge in [0.15, 0.2) is 0 Å². The van der Waals surface area contributed by atoms with Gasteiger partial charge in [0.25, 0.3) is 5.91 Å². The van der Waals surface area contributed by atoms with Crippen molar-refractivity contribution < 1.29 is 9.53 Å². The molecule has 0 unspecified atom stereocenters. The summed E-state index contributed by atoms with van der Waals surface area (Å²) >= 11 is 0. The predicted molar refractivity (Wildman–Crippen MR) is 91.1 cm³/mol. The fraction of sp³-hybridized carbons (Fsp3) is 0.421. The average Bonchev–Trinajstić information content (AvgIpc) is 3.18. The second-order valence-corrected chi connectivity index (χ2v) is 6.31. The van der Waals surface area contributed by atoms with E-state index in [4.69, 9.17) is 4.74 Å². The minimum absolute atomic E-state index is 0.0404. The van der Waals surface area contributed by atoms with Crippen molar-refractivity contribution in [1.29, 1.82) is 0 Å². The Hall–Kier alpha value is -2.07. The molecule has 2 heterocycles. The van der Waals surface area contributed by atoms with Gasteiger partial charge in [-0.2, -0.15) is 0 Å². The number of nitrogens with one attached hydrogen (secondary N) is 1. The molecule has 1 aromatic carbocycles. The molecule has 0 spiro atoms. The summed E-state index contributed by atoms with van der Waals surface area (Å²) in [7, 11) is 0. The van der Waals surface area contributed by atoms with Crippen LogP contribution in [0, 0.1) is 13.8 Å². The Morgan fingerprint density at radius 2 is 1.83 bits per heavy atom. The molecule has 23 heavy (non-hydrogen) atoms.